The third-order valence-electron chi connectivity index (χ3n) is 2.11. The lowest BCUT2D eigenvalue weighted by atomic mass is 10.3. The Balaban J connectivity index is 2.61. The van der Waals surface area contributed by atoms with Crippen LogP contribution in [0, 0.1) is 6.92 Å². The summed E-state index contributed by atoms with van der Waals surface area (Å²) in [5, 5.41) is 1.17. The molecule has 0 amide bonds. The van der Waals surface area contributed by atoms with Crippen LogP contribution < -0.4 is 4.90 Å². The Kier molecular flexibility index (Phi) is 1.72. The van der Waals surface area contributed by atoms with Gasteiger partial charge < -0.3 is 9.88 Å². The van der Waals surface area contributed by atoms with Crippen LogP contribution in [-0.4, -0.2) is 24.1 Å². The molecule has 1 N–H and O–H groups in total. The molecule has 2 heterocycles. The molecule has 0 saturated carbocycles. The molecule has 0 atom stereocenters. The second kappa shape index (κ2) is 2.76. The fourth-order valence-corrected chi connectivity index (χ4v) is 1.39. The van der Waals surface area contributed by atoms with Gasteiger partial charge in [-0.1, -0.05) is 0 Å². The third kappa shape index (κ3) is 1.37. The molecule has 2 aromatic rings. The van der Waals surface area contributed by atoms with Crippen LogP contribution in [-0.2, 0) is 0 Å². The highest BCUT2D eigenvalue weighted by Crippen LogP contribution is 2.18. The lowest BCUT2D eigenvalue weighted by Gasteiger charge is -2.10. The normalized spacial score (nSPS) is 10.7. The molecule has 0 unspecified atom stereocenters. The van der Waals surface area contributed by atoms with E-state index in [1.54, 1.807) is 0 Å². The van der Waals surface area contributed by atoms with E-state index in [1.165, 1.54) is 5.39 Å². The van der Waals surface area contributed by atoms with Crippen molar-refractivity contribution in [3.8, 4) is 0 Å². The van der Waals surface area contributed by atoms with Gasteiger partial charge in [-0.3, -0.25) is 0 Å². The van der Waals surface area contributed by atoms with Gasteiger partial charge in [0.1, 0.15) is 5.65 Å². The Morgan fingerprint density at radius 1 is 1.31 bits per heavy atom. The SMILES string of the molecule is Cc1cc2cc(N(C)C)cnc2[nH]1. The minimum atomic E-state index is 0.961. The summed E-state index contributed by atoms with van der Waals surface area (Å²) in [6.45, 7) is 2.04. The van der Waals surface area contributed by atoms with Crippen molar-refractivity contribution in [3.05, 3.63) is 24.0 Å². The van der Waals surface area contributed by atoms with Crippen LogP contribution in [0.4, 0.5) is 5.69 Å². The smallest absolute Gasteiger partial charge is 0.137 e. The highest BCUT2D eigenvalue weighted by atomic mass is 15.1. The maximum Gasteiger partial charge on any atom is 0.137 e. The number of pyridine rings is 1. The molecule has 0 aliphatic carbocycles. The monoisotopic (exact) mass is 175 g/mol. The van der Waals surface area contributed by atoms with Crippen LogP contribution >= 0.6 is 0 Å². The summed E-state index contributed by atoms with van der Waals surface area (Å²) in [4.78, 5) is 9.57. The van der Waals surface area contributed by atoms with Crippen molar-refractivity contribution in [3.63, 3.8) is 0 Å². The molecule has 2 aromatic heterocycles. The molecular formula is C10H13N3. The van der Waals surface area contributed by atoms with E-state index in [2.05, 4.69) is 27.0 Å². The molecule has 0 fully saturated rings. The predicted octanol–water partition coefficient (Wildman–Crippen LogP) is 1.94. The van der Waals surface area contributed by atoms with Crippen molar-refractivity contribution in [2.24, 2.45) is 0 Å². The van der Waals surface area contributed by atoms with Crippen molar-refractivity contribution in [1.29, 1.82) is 0 Å². The van der Waals surface area contributed by atoms with E-state index in [4.69, 9.17) is 0 Å². The van der Waals surface area contributed by atoms with Gasteiger partial charge in [-0.05, 0) is 19.1 Å². The first-order valence-electron chi connectivity index (χ1n) is 4.29. The van der Waals surface area contributed by atoms with Gasteiger partial charge in [0.05, 0.1) is 11.9 Å². The Labute approximate surface area is 77.4 Å². The number of nitrogens with zero attached hydrogens (tertiary/aromatic N) is 2. The molecule has 0 aliphatic rings. The Bertz CT molecular complexity index is 429. The van der Waals surface area contributed by atoms with E-state index in [0.717, 1.165) is 17.0 Å². The average molecular weight is 175 g/mol. The molecule has 0 radical (unpaired) electrons. The van der Waals surface area contributed by atoms with E-state index in [0.29, 0.717) is 0 Å². The van der Waals surface area contributed by atoms with E-state index >= 15 is 0 Å². The molecule has 0 spiro atoms. The first-order valence-corrected chi connectivity index (χ1v) is 4.29. The van der Waals surface area contributed by atoms with Crippen molar-refractivity contribution in [2.75, 3.05) is 19.0 Å². The fraction of sp³-hybridized carbons (Fsp3) is 0.300. The fourth-order valence-electron chi connectivity index (χ4n) is 1.39. The summed E-state index contributed by atoms with van der Waals surface area (Å²) >= 11 is 0. The van der Waals surface area contributed by atoms with Gasteiger partial charge in [-0.25, -0.2) is 4.98 Å². The number of hydrogen-bond donors (Lipinski definition) is 1. The zero-order valence-corrected chi connectivity index (χ0v) is 8.13. The topological polar surface area (TPSA) is 31.9 Å². The van der Waals surface area contributed by atoms with E-state index in [1.807, 2.05) is 27.2 Å². The number of H-pyrrole nitrogens is 1. The molecule has 0 aliphatic heterocycles. The molecule has 3 nitrogen and oxygen atoms in total. The number of nitrogens with one attached hydrogen (secondary N) is 1. The number of hydrogen-bond acceptors (Lipinski definition) is 2. The number of rotatable bonds is 1. The van der Waals surface area contributed by atoms with Crippen LogP contribution in [0.5, 0.6) is 0 Å². The molecule has 0 bridgehead atoms. The largest absolute Gasteiger partial charge is 0.376 e. The Hall–Kier alpha value is -1.51. The van der Waals surface area contributed by atoms with Gasteiger partial charge in [0.2, 0.25) is 0 Å². The molecule has 0 saturated heterocycles. The van der Waals surface area contributed by atoms with E-state index in [9.17, 15) is 0 Å². The first-order chi connectivity index (χ1) is 6.16. The summed E-state index contributed by atoms with van der Waals surface area (Å²) < 4.78 is 0. The summed E-state index contributed by atoms with van der Waals surface area (Å²) in [6.07, 6.45) is 1.87. The van der Waals surface area contributed by atoms with Crippen molar-refractivity contribution in [2.45, 2.75) is 6.92 Å². The molecule has 13 heavy (non-hydrogen) atoms. The minimum absolute atomic E-state index is 0.961. The zero-order valence-electron chi connectivity index (χ0n) is 8.13. The molecule has 3 heteroatoms. The molecular weight excluding hydrogens is 162 g/mol. The number of anilines is 1. The molecule has 2 rings (SSSR count). The van der Waals surface area contributed by atoms with E-state index < -0.39 is 0 Å². The number of fused-ring (bicyclic) bond motifs is 1. The lowest BCUT2D eigenvalue weighted by molar-refractivity contribution is 1.12. The lowest BCUT2D eigenvalue weighted by Crippen LogP contribution is -2.08. The number of aromatic amines is 1. The first kappa shape index (κ1) is 8.10. The summed E-state index contributed by atoms with van der Waals surface area (Å²) in [7, 11) is 4.03. The summed E-state index contributed by atoms with van der Waals surface area (Å²) in [5.74, 6) is 0. The zero-order chi connectivity index (χ0) is 9.42. The van der Waals surface area contributed by atoms with Gasteiger partial charge in [-0.15, -0.1) is 0 Å². The molecule has 0 aromatic carbocycles. The van der Waals surface area contributed by atoms with Gasteiger partial charge >= 0.3 is 0 Å². The number of aromatic nitrogens is 2. The standard InChI is InChI=1S/C10H13N3/c1-7-4-8-5-9(13(2)3)6-11-10(8)12-7/h4-6H,1-3H3,(H,11,12). The van der Waals surface area contributed by atoms with Crippen LogP contribution in [0.3, 0.4) is 0 Å². The predicted molar refractivity (Wildman–Crippen MR) is 55.2 cm³/mol. The van der Waals surface area contributed by atoms with Crippen molar-refractivity contribution >= 4 is 16.7 Å². The summed E-state index contributed by atoms with van der Waals surface area (Å²) in [6, 6.07) is 4.24. The highest BCUT2D eigenvalue weighted by molar-refractivity contribution is 5.80. The van der Waals surface area contributed by atoms with Gasteiger partial charge in [0.15, 0.2) is 0 Å². The van der Waals surface area contributed by atoms with E-state index in [-0.39, 0.29) is 0 Å². The minimum Gasteiger partial charge on any atom is -0.376 e. The second-order valence-electron chi connectivity index (χ2n) is 3.48. The Morgan fingerprint density at radius 3 is 2.77 bits per heavy atom. The quantitative estimate of drug-likeness (QED) is 0.718. The highest BCUT2D eigenvalue weighted by Gasteiger charge is 2.01. The van der Waals surface area contributed by atoms with Crippen LogP contribution in [0.15, 0.2) is 18.3 Å². The maximum absolute atomic E-state index is 4.33. The third-order valence-corrected chi connectivity index (χ3v) is 2.11. The second-order valence-corrected chi connectivity index (χ2v) is 3.48. The van der Waals surface area contributed by atoms with Gasteiger partial charge in [0.25, 0.3) is 0 Å². The van der Waals surface area contributed by atoms with Gasteiger partial charge in [-0.2, -0.15) is 0 Å². The van der Waals surface area contributed by atoms with Crippen LogP contribution in [0.1, 0.15) is 5.69 Å². The average Bonchev–Trinajstić information content (AvgIpc) is 2.42. The van der Waals surface area contributed by atoms with Crippen LogP contribution in [0.2, 0.25) is 0 Å². The van der Waals surface area contributed by atoms with Crippen LogP contribution in [0.25, 0.3) is 11.0 Å². The van der Waals surface area contributed by atoms with Crippen molar-refractivity contribution in [1.82, 2.24) is 9.97 Å². The molecule has 68 valence electrons. The van der Waals surface area contributed by atoms with Gasteiger partial charge in [0, 0.05) is 25.2 Å². The Morgan fingerprint density at radius 2 is 2.08 bits per heavy atom. The van der Waals surface area contributed by atoms with Crippen molar-refractivity contribution < 1.29 is 0 Å². The number of aryl methyl sites for hydroxylation is 1. The maximum atomic E-state index is 4.33. The summed E-state index contributed by atoms with van der Waals surface area (Å²) in [5.41, 5.74) is 3.24.